The number of hydrogen-bond donors (Lipinski definition) is 2. The average molecular weight is 270 g/mol. The standard InChI is InChI=1S/C12H18N2OS2/c1-4-10(11(13)16)12(15)14-6-9-5-7(2)8(3)17-9/h5,10H,4,6H2,1-3H3,(H2,13,16)(H,14,15). The third kappa shape index (κ3) is 3.78. The first-order chi connectivity index (χ1) is 7.95. The molecular weight excluding hydrogens is 252 g/mol. The summed E-state index contributed by atoms with van der Waals surface area (Å²) in [5.41, 5.74) is 6.78. The van der Waals surface area contributed by atoms with Gasteiger partial charge in [0.25, 0.3) is 0 Å². The maximum Gasteiger partial charge on any atom is 0.230 e. The van der Waals surface area contributed by atoms with Crippen molar-refractivity contribution in [3.05, 3.63) is 21.4 Å². The summed E-state index contributed by atoms with van der Waals surface area (Å²) in [5, 5.41) is 2.88. The summed E-state index contributed by atoms with van der Waals surface area (Å²) < 4.78 is 0. The van der Waals surface area contributed by atoms with Crippen LogP contribution < -0.4 is 11.1 Å². The van der Waals surface area contributed by atoms with E-state index in [0.717, 1.165) is 4.88 Å². The van der Waals surface area contributed by atoms with Gasteiger partial charge in [0.15, 0.2) is 0 Å². The van der Waals surface area contributed by atoms with Gasteiger partial charge in [-0.05, 0) is 31.9 Å². The molecule has 0 fully saturated rings. The van der Waals surface area contributed by atoms with Crippen molar-refractivity contribution < 1.29 is 4.79 Å². The van der Waals surface area contributed by atoms with Gasteiger partial charge < -0.3 is 11.1 Å². The van der Waals surface area contributed by atoms with Crippen molar-refractivity contribution in [1.29, 1.82) is 0 Å². The fraction of sp³-hybridized carbons (Fsp3) is 0.500. The van der Waals surface area contributed by atoms with Crippen molar-refractivity contribution in [2.75, 3.05) is 0 Å². The third-order valence-corrected chi connectivity index (χ3v) is 4.16. The quantitative estimate of drug-likeness (QED) is 0.807. The molecule has 1 aromatic heterocycles. The number of rotatable bonds is 5. The number of thiophene rings is 1. The van der Waals surface area contributed by atoms with E-state index >= 15 is 0 Å². The van der Waals surface area contributed by atoms with Gasteiger partial charge in [-0.15, -0.1) is 11.3 Å². The number of carbonyl (C=O) groups is 1. The van der Waals surface area contributed by atoms with Gasteiger partial charge in [0.2, 0.25) is 5.91 Å². The fourth-order valence-corrected chi connectivity index (χ4v) is 2.82. The Labute approximate surface area is 111 Å². The van der Waals surface area contributed by atoms with E-state index in [1.165, 1.54) is 10.4 Å². The van der Waals surface area contributed by atoms with Crippen LogP contribution in [0.3, 0.4) is 0 Å². The normalized spacial score (nSPS) is 12.2. The zero-order chi connectivity index (χ0) is 13.0. The molecule has 0 spiro atoms. The molecule has 0 radical (unpaired) electrons. The summed E-state index contributed by atoms with van der Waals surface area (Å²) in [5.74, 6) is -0.434. The summed E-state index contributed by atoms with van der Waals surface area (Å²) in [6, 6.07) is 2.10. The Morgan fingerprint density at radius 1 is 1.59 bits per heavy atom. The molecule has 1 heterocycles. The van der Waals surface area contributed by atoms with E-state index < -0.39 is 0 Å². The lowest BCUT2D eigenvalue weighted by molar-refractivity contribution is -0.123. The van der Waals surface area contributed by atoms with Crippen LogP contribution in [-0.4, -0.2) is 10.9 Å². The maximum atomic E-state index is 11.8. The highest BCUT2D eigenvalue weighted by Crippen LogP contribution is 2.20. The second kappa shape index (κ2) is 6.12. The summed E-state index contributed by atoms with van der Waals surface area (Å²) in [4.78, 5) is 14.5. The lowest BCUT2D eigenvalue weighted by Crippen LogP contribution is -2.37. The highest BCUT2D eigenvalue weighted by molar-refractivity contribution is 7.80. The van der Waals surface area contributed by atoms with Crippen molar-refractivity contribution in [1.82, 2.24) is 5.32 Å². The van der Waals surface area contributed by atoms with Crippen LogP contribution in [0.15, 0.2) is 6.07 Å². The van der Waals surface area contributed by atoms with Gasteiger partial charge in [-0.3, -0.25) is 4.79 Å². The molecule has 94 valence electrons. The first kappa shape index (κ1) is 14.1. The van der Waals surface area contributed by atoms with E-state index in [2.05, 4.69) is 25.2 Å². The van der Waals surface area contributed by atoms with Gasteiger partial charge >= 0.3 is 0 Å². The van der Waals surface area contributed by atoms with E-state index in [4.69, 9.17) is 18.0 Å². The monoisotopic (exact) mass is 270 g/mol. The molecule has 0 aliphatic rings. The van der Waals surface area contributed by atoms with Crippen LogP contribution in [0.4, 0.5) is 0 Å². The molecule has 5 heteroatoms. The van der Waals surface area contributed by atoms with Crippen molar-refractivity contribution >= 4 is 34.5 Å². The number of amides is 1. The van der Waals surface area contributed by atoms with Crippen molar-refractivity contribution in [3.63, 3.8) is 0 Å². The predicted molar refractivity (Wildman–Crippen MR) is 76.2 cm³/mol. The van der Waals surface area contributed by atoms with E-state index in [-0.39, 0.29) is 16.8 Å². The van der Waals surface area contributed by atoms with E-state index in [1.807, 2.05) is 6.92 Å². The molecule has 3 N–H and O–H groups in total. The number of thiocarbonyl (C=S) groups is 1. The van der Waals surface area contributed by atoms with E-state index in [1.54, 1.807) is 11.3 Å². The first-order valence-corrected chi connectivity index (χ1v) is 6.81. The molecule has 1 unspecified atom stereocenters. The first-order valence-electron chi connectivity index (χ1n) is 5.58. The molecule has 0 aliphatic carbocycles. The van der Waals surface area contributed by atoms with Gasteiger partial charge in [-0.2, -0.15) is 0 Å². The van der Waals surface area contributed by atoms with Crippen LogP contribution in [-0.2, 0) is 11.3 Å². The molecule has 1 rings (SSSR count). The molecule has 0 aliphatic heterocycles. The summed E-state index contributed by atoms with van der Waals surface area (Å²) in [6.45, 7) is 6.61. The molecule has 17 heavy (non-hydrogen) atoms. The summed E-state index contributed by atoms with van der Waals surface area (Å²) >= 11 is 6.57. The minimum atomic E-state index is -0.354. The second-order valence-corrected chi connectivity index (χ2v) is 5.85. The molecule has 0 aromatic carbocycles. The van der Waals surface area contributed by atoms with Gasteiger partial charge in [0, 0.05) is 9.75 Å². The number of hydrogen-bond acceptors (Lipinski definition) is 3. The smallest absolute Gasteiger partial charge is 0.230 e. The van der Waals surface area contributed by atoms with Gasteiger partial charge in [-0.25, -0.2) is 0 Å². The number of carbonyl (C=O) groups excluding carboxylic acids is 1. The Kier molecular flexibility index (Phi) is 5.08. The lowest BCUT2D eigenvalue weighted by Gasteiger charge is -2.12. The molecule has 1 atom stereocenters. The average Bonchev–Trinajstić information content (AvgIpc) is 2.56. The zero-order valence-electron chi connectivity index (χ0n) is 10.4. The van der Waals surface area contributed by atoms with Gasteiger partial charge in [0.1, 0.15) is 0 Å². The van der Waals surface area contributed by atoms with Gasteiger partial charge in [0.05, 0.1) is 17.5 Å². The summed E-state index contributed by atoms with van der Waals surface area (Å²) in [6.07, 6.45) is 0.643. The maximum absolute atomic E-state index is 11.8. The van der Waals surface area contributed by atoms with Crippen molar-refractivity contribution in [3.8, 4) is 0 Å². The Hall–Kier alpha value is -0.940. The van der Waals surface area contributed by atoms with Crippen molar-refractivity contribution in [2.45, 2.75) is 33.7 Å². The van der Waals surface area contributed by atoms with Crippen molar-refractivity contribution in [2.24, 2.45) is 11.7 Å². The van der Waals surface area contributed by atoms with E-state index in [0.29, 0.717) is 13.0 Å². The molecule has 0 saturated carbocycles. The SMILES string of the molecule is CCC(C(=O)NCc1cc(C)c(C)s1)C(N)=S. The Morgan fingerprint density at radius 3 is 2.65 bits per heavy atom. The molecule has 3 nitrogen and oxygen atoms in total. The lowest BCUT2D eigenvalue weighted by atomic mass is 10.1. The van der Waals surface area contributed by atoms with Gasteiger partial charge in [-0.1, -0.05) is 19.1 Å². The van der Waals surface area contributed by atoms with Crippen LogP contribution in [0.2, 0.25) is 0 Å². The van der Waals surface area contributed by atoms with Crippen LogP contribution >= 0.6 is 23.6 Å². The van der Waals surface area contributed by atoms with Crippen LogP contribution in [0.25, 0.3) is 0 Å². The molecular formula is C12H18N2OS2. The molecule has 1 amide bonds. The van der Waals surface area contributed by atoms with Crippen LogP contribution in [0.1, 0.15) is 28.7 Å². The fourth-order valence-electron chi connectivity index (χ4n) is 1.55. The third-order valence-electron chi connectivity index (χ3n) is 2.72. The molecule has 1 aromatic rings. The second-order valence-electron chi connectivity index (χ2n) is 4.03. The largest absolute Gasteiger partial charge is 0.393 e. The Bertz CT molecular complexity index is 407. The zero-order valence-corrected chi connectivity index (χ0v) is 12.0. The number of nitrogens with two attached hydrogens (primary N) is 1. The minimum absolute atomic E-state index is 0.0799. The Morgan fingerprint density at radius 2 is 2.24 bits per heavy atom. The van der Waals surface area contributed by atoms with Crippen LogP contribution in [0.5, 0.6) is 0 Å². The number of aryl methyl sites for hydroxylation is 2. The highest BCUT2D eigenvalue weighted by atomic mass is 32.1. The Balaban J connectivity index is 2.56. The molecule has 0 bridgehead atoms. The topological polar surface area (TPSA) is 55.1 Å². The highest BCUT2D eigenvalue weighted by Gasteiger charge is 2.18. The minimum Gasteiger partial charge on any atom is -0.393 e. The predicted octanol–water partition coefficient (Wildman–Crippen LogP) is 2.29. The summed E-state index contributed by atoms with van der Waals surface area (Å²) in [7, 11) is 0. The molecule has 0 saturated heterocycles. The number of nitrogens with one attached hydrogen (secondary N) is 1. The van der Waals surface area contributed by atoms with E-state index in [9.17, 15) is 4.79 Å². The van der Waals surface area contributed by atoms with Crippen LogP contribution in [0, 0.1) is 19.8 Å².